The predicted molar refractivity (Wildman–Crippen MR) is 99.3 cm³/mol. The van der Waals surface area contributed by atoms with Crippen LogP contribution in [0.4, 0.5) is 0 Å². The third-order valence-electron chi connectivity index (χ3n) is 6.01. The standard InChI is InChI=1S/C21H23N3O3/c1-13-22-20(24-27-13)21(7-2-3-8-21)23-19(25)11-16-12-26-18-10-15-6-4-5-14(15)9-17(16)18/h9-10,12H,2-8,11H2,1H3,(H,23,25). The van der Waals surface area contributed by atoms with E-state index in [2.05, 4.69) is 27.6 Å². The van der Waals surface area contributed by atoms with Gasteiger partial charge in [0.1, 0.15) is 11.1 Å². The second-order valence-corrected chi connectivity index (χ2v) is 7.88. The first-order valence-electron chi connectivity index (χ1n) is 9.77. The van der Waals surface area contributed by atoms with Crippen LogP contribution in [-0.4, -0.2) is 16.0 Å². The number of nitrogens with zero attached hydrogens (tertiary/aromatic N) is 2. The van der Waals surface area contributed by atoms with Crippen LogP contribution in [-0.2, 0) is 29.6 Å². The third-order valence-corrected chi connectivity index (χ3v) is 6.01. The number of hydrogen-bond acceptors (Lipinski definition) is 5. The van der Waals surface area contributed by atoms with Crippen molar-refractivity contribution in [3.05, 3.63) is 46.8 Å². The van der Waals surface area contributed by atoms with E-state index in [1.165, 1.54) is 17.5 Å². The summed E-state index contributed by atoms with van der Waals surface area (Å²) in [5, 5.41) is 8.36. The zero-order valence-corrected chi connectivity index (χ0v) is 15.5. The number of aryl methyl sites for hydroxylation is 3. The van der Waals surface area contributed by atoms with E-state index in [4.69, 9.17) is 8.94 Å². The van der Waals surface area contributed by atoms with Crippen LogP contribution in [0.5, 0.6) is 0 Å². The number of benzene rings is 1. The lowest BCUT2D eigenvalue weighted by Crippen LogP contribution is -2.45. The molecule has 0 aliphatic heterocycles. The molecule has 3 aromatic rings. The van der Waals surface area contributed by atoms with Gasteiger partial charge in [0.15, 0.2) is 5.82 Å². The number of hydrogen-bond donors (Lipinski definition) is 1. The van der Waals surface area contributed by atoms with Crippen LogP contribution in [0.1, 0.15) is 60.5 Å². The molecular weight excluding hydrogens is 342 g/mol. The summed E-state index contributed by atoms with van der Waals surface area (Å²) in [6.45, 7) is 1.77. The number of nitrogens with one attached hydrogen (secondary N) is 1. The molecule has 27 heavy (non-hydrogen) atoms. The molecule has 2 heterocycles. The fourth-order valence-corrected chi connectivity index (χ4v) is 4.65. The Bertz CT molecular complexity index is 1010. The Balaban J connectivity index is 1.39. The number of carbonyl (C=O) groups excluding carboxylic acids is 1. The van der Waals surface area contributed by atoms with E-state index in [0.717, 1.165) is 55.1 Å². The van der Waals surface area contributed by atoms with E-state index in [9.17, 15) is 4.79 Å². The number of furan rings is 1. The topological polar surface area (TPSA) is 81.2 Å². The molecule has 0 saturated heterocycles. The molecule has 1 aromatic carbocycles. The van der Waals surface area contributed by atoms with Crippen LogP contribution in [0.3, 0.4) is 0 Å². The lowest BCUT2D eigenvalue weighted by Gasteiger charge is -2.26. The molecule has 0 bridgehead atoms. The summed E-state index contributed by atoms with van der Waals surface area (Å²) in [7, 11) is 0. The van der Waals surface area contributed by atoms with Crippen LogP contribution in [0, 0.1) is 6.92 Å². The molecule has 1 amide bonds. The number of amides is 1. The smallest absolute Gasteiger partial charge is 0.225 e. The van der Waals surface area contributed by atoms with Crippen LogP contribution in [0.15, 0.2) is 27.3 Å². The fraction of sp³-hybridized carbons (Fsp3) is 0.476. The summed E-state index contributed by atoms with van der Waals surface area (Å²) in [4.78, 5) is 17.3. The minimum absolute atomic E-state index is 0.0254. The Hall–Kier alpha value is -2.63. The van der Waals surface area contributed by atoms with Crippen LogP contribution < -0.4 is 5.32 Å². The normalized spacial score (nSPS) is 18.1. The lowest BCUT2D eigenvalue weighted by molar-refractivity contribution is -0.122. The SMILES string of the molecule is Cc1nc(C2(NC(=O)Cc3coc4cc5c(cc34)CCC5)CCCC2)no1. The van der Waals surface area contributed by atoms with Crippen molar-refractivity contribution >= 4 is 16.9 Å². The molecule has 1 saturated carbocycles. The first-order chi connectivity index (χ1) is 13.1. The van der Waals surface area contributed by atoms with Gasteiger partial charge in [0.2, 0.25) is 11.8 Å². The van der Waals surface area contributed by atoms with Gasteiger partial charge in [0, 0.05) is 17.9 Å². The van der Waals surface area contributed by atoms with E-state index in [1.54, 1.807) is 13.2 Å². The van der Waals surface area contributed by atoms with Gasteiger partial charge < -0.3 is 14.3 Å². The predicted octanol–water partition coefficient (Wildman–Crippen LogP) is 3.74. The number of rotatable bonds is 4. The molecule has 6 heteroatoms. The van der Waals surface area contributed by atoms with Crippen molar-refractivity contribution in [3.8, 4) is 0 Å². The van der Waals surface area contributed by atoms with Gasteiger partial charge in [-0.1, -0.05) is 18.0 Å². The molecule has 0 spiro atoms. The van der Waals surface area contributed by atoms with Crippen molar-refractivity contribution in [2.24, 2.45) is 0 Å². The Labute approximate surface area is 157 Å². The summed E-state index contributed by atoms with van der Waals surface area (Å²) in [6.07, 6.45) is 9.24. The third kappa shape index (κ3) is 2.83. The highest BCUT2D eigenvalue weighted by molar-refractivity contribution is 5.89. The van der Waals surface area contributed by atoms with E-state index in [-0.39, 0.29) is 5.91 Å². The van der Waals surface area contributed by atoms with E-state index >= 15 is 0 Å². The first kappa shape index (κ1) is 16.5. The number of carbonyl (C=O) groups is 1. The van der Waals surface area contributed by atoms with Crippen molar-refractivity contribution in [2.75, 3.05) is 0 Å². The van der Waals surface area contributed by atoms with Crippen LogP contribution in [0.25, 0.3) is 11.0 Å². The molecule has 140 valence electrons. The van der Waals surface area contributed by atoms with Gasteiger partial charge >= 0.3 is 0 Å². The van der Waals surface area contributed by atoms with Gasteiger partial charge in [-0.15, -0.1) is 0 Å². The molecule has 2 aromatic heterocycles. The zero-order valence-electron chi connectivity index (χ0n) is 15.5. The number of fused-ring (bicyclic) bond motifs is 2. The Morgan fingerprint density at radius 3 is 2.70 bits per heavy atom. The Kier molecular flexibility index (Phi) is 3.81. The maximum Gasteiger partial charge on any atom is 0.225 e. The maximum absolute atomic E-state index is 12.9. The summed E-state index contributed by atoms with van der Waals surface area (Å²) in [6, 6.07) is 4.34. The molecule has 1 fully saturated rings. The largest absolute Gasteiger partial charge is 0.464 e. The minimum atomic E-state index is -0.504. The average molecular weight is 365 g/mol. The molecule has 0 atom stereocenters. The average Bonchev–Trinajstić information content (AvgIpc) is 3.41. The first-order valence-corrected chi connectivity index (χ1v) is 9.77. The van der Waals surface area contributed by atoms with Crippen molar-refractivity contribution in [3.63, 3.8) is 0 Å². The van der Waals surface area contributed by atoms with Crippen molar-refractivity contribution in [1.29, 1.82) is 0 Å². The van der Waals surface area contributed by atoms with Gasteiger partial charge in [-0.05, 0) is 55.4 Å². The van der Waals surface area contributed by atoms with Gasteiger partial charge in [-0.3, -0.25) is 4.79 Å². The summed E-state index contributed by atoms with van der Waals surface area (Å²) < 4.78 is 10.9. The van der Waals surface area contributed by atoms with Gasteiger partial charge in [-0.25, -0.2) is 0 Å². The van der Waals surface area contributed by atoms with Crippen molar-refractivity contribution in [1.82, 2.24) is 15.5 Å². The van der Waals surface area contributed by atoms with Crippen LogP contribution >= 0.6 is 0 Å². The molecule has 2 aliphatic rings. The summed E-state index contributed by atoms with van der Waals surface area (Å²) >= 11 is 0. The van der Waals surface area contributed by atoms with E-state index in [1.807, 2.05) is 0 Å². The second kappa shape index (κ2) is 6.22. The van der Waals surface area contributed by atoms with Crippen LogP contribution in [0.2, 0.25) is 0 Å². The second-order valence-electron chi connectivity index (χ2n) is 7.88. The Morgan fingerprint density at radius 1 is 1.19 bits per heavy atom. The van der Waals surface area contributed by atoms with E-state index in [0.29, 0.717) is 18.1 Å². The lowest BCUT2D eigenvalue weighted by atomic mass is 9.95. The van der Waals surface area contributed by atoms with Crippen molar-refractivity contribution < 1.29 is 13.7 Å². The summed E-state index contributed by atoms with van der Waals surface area (Å²) in [5.41, 5.74) is 4.08. The minimum Gasteiger partial charge on any atom is -0.464 e. The molecule has 1 N–H and O–H groups in total. The molecular formula is C21H23N3O3. The zero-order chi connectivity index (χ0) is 18.4. The summed E-state index contributed by atoms with van der Waals surface area (Å²) in [5.74, 6) is 1.10. The van der Waals surface area contributed by atoms with E-state index < -0.39 is 5.54 Å². The van der Waals surface area contributed by atoms with Gasteiger partial charge in [-0.2, -0.15) is 4.98 Å². The maximum atomic E-state index is 12.9. The van der Waals surface area contributed by atoms with Gasteiger partial charge in [0.25, 0.3) is 0 Å². The number of aromatic nitrogens is 2. The van der Waals surface area contributed by atoms with Crippen molar-refractivity contribution in [2.45, 2.75) is 63.8 Å². The molecule has 6 nitrogen and oxygen atoms in total. The monoisotopic (exact) mass is 365 g/mol. The molecule has 0 radical (unpaired) electrons. The highest BCUT2D eigenvalue weighted by Crippen LogP contribution is 2.37. The molecule has 0 unspecified atom stereocenters. The quantitative estimate of drug-likeness (QED) is 0.762. The highest BCUT2D eigenvalue weighted by atomic mass is 16.5. The molecule has 2 aliphatic carbocycles. The fourth-order valence-electron chi connectivity index (χ4n) is 4.65. The molecule has 5 rings (SSSR count). The Morgan fingerprint density at radius 2 is 1.96 bits per heavy atom. The highest BCUT2D eigenvalue weighted by Gasteiger charge is 2.41. The van der Waals surface area contributed by atoms with Gasteiger partial charge in [0.05, 0.1) is 12.7 Å².